The van der Waals surface area contributed by atoms with E-state index in [9.17, 15) is 4.79 Å². The number of thioether (sulfide) groups is 3. The van der Waals surface area contributed by atoms with Crippen molar-refractivity contribution in [3.05, 3.63) is 120 Å². The highest BCUT2D eigenvalue weighted by atomic mass is 32.2. The first-order valence-electron chi connectivity index (χ1n) is 19.4. The quantitative estimate of drug-likeness (QED) is 0.0393. The maximum absolute atomic E-state index is 10.4. The summed E-state index contributed by atoms with van der Waals surface area (Å²) in [6, 6.07) is 24.5. The smallest absolute Gasteiger partial charge is 0.179 e. The molecular formula is C46H53N3O5S6. The van der Waals surface area contributed by atoms with Gasteiger partial charge in [-0.15, -0.1) is 40.6 Å². The summed E-state index contributed by atoms with van der Waals surface area (Å²) in [6.45, 7) is 18.2. The van der Waals surface area contributed by atoms with Crippen LogP contribution in [0.15, 0.2) is 133 Å². The Kier molecular flexibility index (Phi) is 19.1. The molecule has 5 heterocycles. The topological polar surface area (TPSA) is 107 Å². The van der Waals surface area contributed by atoms with Gasteiger partial charge in [0.05, 0.1) is 57.1 Å². The van der Waals surface area contributed by atoms with E-state index in [2.05, 4.69) is 78.7 Å². The van der Waals surface area contributed by atoms with Gasteiger partial charge in [-0.25, -0.2) is 15.0 Å². The highest BCUT2D eigenvalue weighted by molar-refractivity contribution is 8.01. The number of hydrogen-bond donors (Lipinski definition) is 1. The van der Waals surface area contributed by atoms with E-state index in [1.165, 1.54) is 14.1 Å². The fourth-order valence-electron chi connectivity index (χ4n) is 4.88. The van der Waals surface area contributed by atoms with Crippen LogP contribution < -0.4 is 0 Å². The number of fused-ring (bicyclic) bond motifs is 3. The minimum absolute atomic E-state index is 0.0556. The first-order chi connectivity index (χ1) is 28.9. The van der Waals surface area contributed by atoms with E-state index in [4.69, 9.17) is 19.3 Å². The van der Waals surface area contributed by atoms with Gasteiger partial charge >= 0.3 is 0 Å². The van der Waals surface area contributed by atoms with Crippen molar-refractivity contribution in [3.8, 4) is 0 Å². The highest BCUT2D eigenvalue weighted by Gasteiger charge is 2.35. The number of aliphatic hydroxyl groups excluding tert-OH is 1. The van der Waals surface area contributed by atoms with E-state index in [0.29, 0.717) is 0 Å². The molecule has 0 amide bonds. The van der Waals surface area contributed by atoms with Crippen LogP contribution in [0.3, 0.4) is 0 Å². The third-order valence-electron chi connectivity index (χ3n) is 8.78. The van der Waals surface area contributed by atoms with Crippen LogP contribution in [0.2, 0.25) is 0 Å². The summed E-state index contributed by atoms with van der Waals surface area (Å²) in [4.78, 5) is 24.1. The van der Waals surface area contributed by atoms with Gasteiger partial charge in [-0.1, -0.05) is 115 Å². The molecule has 0 bridgehead atoms. The molecule has 0 radical (unpaired) electrons. The zero-order valence-corrected chi connectivity index (χ0v) is 39.8. The van der Waals surface area contributed by atoms with Gasteiger partial charge in [-0.3, -0.25) is 4.79 Å². The molecule has 60 heavy (non-hydrogen) atoms. The predicted octanol–water partition coefficient (Wildman–Crippen LogP) is 12.6. The molecule has 2 aliphatic rings. The van der Waals surface area contributed by atoms with Crippen molar-refractivity contribution in [1.82, 2.24) is 15.0 Å². The number of carbonyl (C=O) groups is 1. The van der Waals surface area contributed by atoms with Gasteiger partial charge in [0.25, 0.3) is 0 Å². The second-order valence-electron chi connectivity index (χ2n) is 14.9. The lowest BCUT2D eigenvalue weighted by molar-refractivity contribution is -0.202. The van der Waals surface area contributed by atoms with Crippen LogP contribution in [0.1, 0.15) is 41.5 Å². The molecule has 0 saturated carbocycles. The van der Waals surface area contributed by atoms with E-state index < -0.39 is 0 Å². The van der Waals surface area contributed by atoms with E-state index in [1.807, 2.05) is 81.5 Å². The van der Waals surface area contributed by atoms with Crippen LogP contribution in [0.4, 0.5) is 0 Å². The molecule has 0 aliphatic carbocycles. The molecule has 1 unspecified atom stereocenters. The standard InChI is InChI=1S/C17H21NO2S2.C12H13NOS2.C12H11NOS2.C5H8O/c1-12(15-19-10-17(2,3)11-20-15)8-9-21-16-18-13-6-4-5-7-14(13)22-16;2*1-9(8-14)6-7-15-12-13-10-4-2-3-5-11(10)16-12;1-3-5(2)4-6-5/h4-8,15H,9-11H2,1-3H3;2-6,14H,7-8H2,1H3;2-6,8H,7H2,1H3;3H,1,4H2,2H3/b12-8+;2*9-6+;. The van der Waals surface area contributed by atoms with E-state index in [-0.39, 0.29) is 23.9 Å². The first kappa shape index (κ1) is 47.9. The molecule has 1 atom stereocenters. The fourth-order valence-corrected chi connectivity index (χ4v) is 11.1. The molecule has 6 aromatic rings. The second kappa shape index (κ2) is 23.9. The Morgan fingerprint density at radius 2 is 1.13 bits per heavy atom. The van der Waals surface area contributed by atoms with E-state index >= 15 is 0 Å². The van der Waals surface area contributed by atoms with Gasteiger partial charge in [0.15, 0.2) is 19.3 Å². The number of aromatic nitrogens is 3. The molecule has 8 nitrogen and oxygen atoms in total. The lowest BCUT2D eigenvalue weighted by Gasteiger charge is -2.35. The Bertz CT molecular complexity index is 2280. The van der Waals surface area contributed by atoms with Crippen molar-refractivity contribution in [3.63, 3.8) is 0 Å². The number of rotatable bonds is 13. The van der Waals surface area contributed by atoms with Crippen LogP contribution >= 0.6 is 69.3 Å². The van der Waals surface area contributed by atoms with Crippen molar-refractivity contribution >= 4 is 106 Å². The van der Waals surface area contributed by atoms with E-state index in [1.54, 1.807) is 69.3 Å². The second-order valence-corrected chi connectivity index (χ2v) is 21.8. The summed E-state index contributed by atoms with van der Waals surface area (Å²) in [5.41, 5.74) is 6.29. The number of allylic oxidation sites excluding steroid dienone is 1. The summed E-state index contributed by atoms with van der Waals surface area (Å²) in [6.07, 6.45) is 8.65. The zero-order valence-electron chi connectivity index (χ0n) is 34.9. The fraction of sp³-hybridized carbons (Fsp3) is 0.348. The maximum atomic E-state index is 10.4. The molecule has 3 aromatic carbocycles. The number of nitrogens with zero attached hydrogens (tertiary/aromatic N) is 3. The van der Waals surface area contributed by atoms with E-state index in [0.717, 1.165) is 89.7 Å². The number of benzene rings is 3. The Morgan fingerprint density at radius 3 is 1.50 bits per heavy atom. The number of epoxide rings is 1. The molecule has 2 fully saturated rings. The van der Waals surface area contributed by atoms with Gasteiger partial charge in [0, 0.05) is 22.7 Å². The molecule has 318 valence electrons. The number of hydrogen-bond acceptors (Lipinski definition) is 14. The molecule has 2 aliphatic heterocycles. The third kappa shape index (κ3) is 16.0. The number of aliphatic hydroxyl groups is 1. The molecule has 1 N–H and O–H groups in total. The first-order valence-corrected chi connectivity index (χ1v) is 24.8. The molecular weight excluding hydrogens is 867 g/mol. The molecule has 8 rings (SSSR count). The van der Waals surface area contributed by atoms with Gasteiger partial charge in [-0.2, -0.15) is 0 Å². The largest absolute Gasteiger partial charge is 0.392 e. The summed E-state index contributed by atoms with van der Waals surface area (Å²) < 4.78 is 23.4. The molecule has 2 saturated heterocycles. The Morgan fingerprint density at radius 1 is 0.717 bits per heavy atom. The molecule has 0 spiro atoms. The van der Waals surface area contributed by atoms with Gasteiger partial charge in [0.2, 0.25) is 0 Å². The van der Waals surface area contributed by atoms with Crippen molar-refractivity contribution in [1.29, 1.82) is 0 Å². The van der Waals surface area contributed by atoms with Crippen LogP contribution in [0.25, 0.3) is 30.6 Å². The minimum Gasteiger partial charge on any atom is -0.392 e. The maximum Gasteiger partial charge on any atom is 0.179 e. The van der Waals surface area contributed by atoms with Crippen molar-refractivity contribution < 1.29 is 24.1 Å². The zero-order chi connectivity index (χ0) is 43.0. The van der Waals surface area contributed by atoms with Gasteiger partial charge in [-0.05, 0) is 75.2 Å². The van der Waals surface area contributed by atoms with Crippen LogP contribution in [-0.2, 0) is 19.0 Å². The number of para-hydroxylation sites is 3. The third-order valence-corrected chi connectivity index (χ3v) is 15.1. The van der Waals surface area contributed by atoms with Gasteiger partial charge < -0.3 is 19.3 Å². The monoisotopic (exact) mass is 919 g/mol. The number of carbonyl (C=O) groups excluding carboxylic acids is 1. The van der Waals surface area contributed by atoms with Crippen molar-refractivity contribution in [2.75, 3.05) is 43.7 Å². The normalized spacial score (nSPS) is 17.9. The predicted molar refractivity (Wildman–Crippen MR) is 259 cm³/mol. The number of aldehydes is 1. The van der Waals surface area contributed by atoms with Crippen LogP contribution in [0.5, 0.6) is 0 Å². The SMILES string of the molecule is C/C(=C\CSc1nc2ccccc2s1)C1OCC(C)(C)CO1.C/C(=C\CSc1nc2ccccc2s1)CO.C/C(C=O)=C\CSc1nc2ccccc2s1.C=CC1(C)CO1. The summed E-state index contributed by atoms with van der Waals surface area (Å²) in [5.74, 6) is 2.55. The number of thiazole rings is 3. The summed E-state index contributed by atoms with van der Waals surface area (Å²) >= 11 is 10.3. The minimum atomic E-state index is -0.191. The van der Waals surface area contributed by atoms with Crippen molar-refractivity contribution in [2.24, 2.45) is 5.41 Å². The lowest BCUT2D eigenvalue weighted by atomic mass is 9.95. The van der Waals surface area contributed by atoms with Crippen LogP contribution in [-0.4, -0.2) is 81.9 Å². The molecule has 3 aromatic heterocycles. The summed E-state index contributed by atoms with van der Waals surface area (Å²) in [5, 5.41) is 8.86. The number of ether oxygens (including phenoxy) is 3. The highest BCUT2D eigenvalue weighted by Crippen LogP contribution is 2.32. The Labute approximate surface area is 378 Å². The average molecular weight is 920 g/mol. The molecule has 14 heteroatoms. The lowest BCUT2D eigenvalue weighted by Crippen LogP contribution is -2.38. The average Bonchev–Trinajstić information content (AvgIpc) is 3.54. The Balaban J connectivity index is 0.000000162. The van der Waals surface area contributed by atoms with Crippen molar-refractivity contribution in [2.45, 2.75) is 66.5 Å². The Hall–Kier alpha value is -3.15. The van der Waals surface area contributed by atoms with Crippen LogP contribution in [0, 0.1) is 5.41 Å². The summed E-state index contributed by atoms with van der Waals surface area (Å²) in [7, 11) is 0. The van der Waals surface area contributed by atoms with Gasteiger partial charge in [0.1, 0.15) is 11.9 Å².